The van der Waals surface area contributed by atoms with Crippen molar-refractivity contribution in [3.63, 3.8) is 0 Å². The maximum Gasteiger partial charge on any atom is 0.374 e. The summed E-state index contributed by atoms with van der Waals surface area (Å²) in [6, 6.07) is 4.69. The summed E-state index contributed by atoms with van der Waals surface area (Å²) < 4.78 is 30.9. The first-order valence-corrected chi connectivity index (χ1v) is 7.60. The van der Waals surface area contributed by atoms with E-state index >= 15 is 0 Å². The summed E-state index contributed by atoms with van der Waals surface area (Å²) in [5.74, 6) is 0.0512. The van der Waals surface area contributed by atoms with Gasteiger partial charge in [0.25, 0.3) is 0 Å². The van der Waals surface area contributed by atoms with Gasteiger partial charge in [-0.05, 0) is 25.1 Å². The smallest absolute Gasteiger partial charge is 0.374 e. The van der Waals surface area contributed by atoms with Crippen LogP contribution in [-0.2, 0) is 16.1 Å². The van der Waals surface area contributed by atoms with E-state index in [0.717, 1.165) is 0 Å². The molecule has 0 fully saturated rings. The van der Waals surface area contributed by atoms with Crippen molar-refractivity contribution in [3.8, 4) is 17.2 Å². The molecule has 2 rings (SSSR count). The van der Waals surface area contributed by atoms with Gasteiger partial charge in [0.05, 0.1) is 28.4 Å². The number of esters is 2. The predicted molar refractivity (Wildman–Crippen MR) is 90.0 cm³/mol. The molecule has 0 saturated heterocycles. The molecular weight excluding hydrogens is 344 g/mol. The molecule has 1 aromatic carbocycles. The molecule has 2 aromatic rings. The maximum absolute atomic E-state index is 12.4. The van der Waals surface area contributed by atoms with Crippen molar-refractivity contribution in [2.45, 2.75) is 13.5 Å². The van der Waals surface area contributed by atoms with E-state index in [0.29, 0.717) is 17.1 Å². The highest BCUT2D eigenvalue weighted by Crippen LogP contribution is 2.40. The molecule has 0 aliphatic heterocycles. The Labute approximate surface area is 150 Å². The van der Waals surface area contributed by atoms with Crippen molar-refractivity contribution in [1.29, 1.82) is 0 Å². The molecule has 0 spiro atoms. The third kappa shape index (κ3) is 3.74. The topological polar surface area (TPSA) is 93.4 Å². The van der Waals surface area contributed by atoms with Gasteiger partial charge < -0.3 is 28.1 Å². The molecular formula is C18H20O8. The predicted octanol–water partition coefficient (Wildman–Crippen LogP) is 2.76. The van der Waals surface area contributed by atoms with Crippen LogP contribution in [0.2, 0.25) is 0 Å². The fourth-order valence-corrected chi connectivity index (χ4v) is 2.39. The van der Waals surface area contributed by atoms with E-state index in [4.69, 9.17) is 23.4 Å². The van der Waals surface area contributed by atoms with E-state index in [1.165, 1.54) is 34.5 Å². The summed E-state index contributed by atoms with van der Waals surface area (Å²) in [4.78, 5) is 24.0. The molecule has 26 heavy (non-hydrogen) atoms. The molecule has 0 atom stereocenters. The van der Waals surface area contributed by atoms with Crippen LogP contribution in [0.3, 0.4) is 0 Å². The van der Waals surface area contributed by atoms with Crippen LogP contribution in [-0.4, -0.2) is 40.4 Å². The van der Waals surface area contributed by atoms with Gasteiger partial charge in [0, 0.05) is 5.56 Å². The summed E-state index contributed by atoms with van der Waals surface area (Å²) in [6.45, 7) is 1.53. The number of methoxy groups -OCH3 is 4. The van der Waals surface area contributed by atoms with Crippen LogP contribution in [0, 0.1) is 6.92 Å². The lowest BCUT2D eigenvalue weighted by Crippen LogP contribution is -2.08. The van der Waals surface area contributed by atoms with E-state index in [2.05, 4.69) is 4.74 Å². The molecule has 8 heteroatoms. The second-order valence-corrected chi connectivity index (χ2v) is 5.17. The van der Waals surface area contributed by atoms with Gasteiger partial charge in [-0.2, -0.15) is 0 Å². The average Bonchev–Trinajstić information content (AvgIpc) is 3.04. The number of carbonyl (C=O) groups excluding carboxylic acids is 2. The van der Waals surface area contributed by atoms with Gasteiger partial charge in [0.15, 0.2) is 11.5 Å². The summed E-state index contributed by atoms with van der Waals surface area (Å²) in [5.41, 5.74) is 0.758. The van der Waals surface area contributed by atoms with Crippen molar-refractivity contribution in [3.05, 3.63) is 40.8 Å². The molecule has 0 bridgehead atoms. The van der Waals surface area contributed by atoms with Crippen molar-refractivity contribution in [1.82, 2.24) is 0 Å². The number of aryl methyl sites for hydroxylation is 1. The van der Waals surface area contributed by atoms with Crippen LogP contribution in [0.25, 0.3) is 0 Å². The lowest BCUT2D eigenvalue weighted by molar-refractivity contribution is 0.0434. The van der Waals surface area contributed by atoms with Crippen LogP contribution >= 0.6 is 0 Å². The highest BCUT2D eigenvalue weighted by Gasteiger charge is 2.23. The van der Waals surface area contributed by atoms with Crippen molar-refractivity contribution in [2.24, 2.45) is 0 Å². The average molecular weight is 364 g/mol. The zero-order chi connectivity index (χ0) is 19.3. The number of rotatable bonds is 7. The van der Waals surface area contributed by atoms with Crippen LogP contribution < -0.4 is 14.2 Å². The minimum Gasteiger partial charge on any atom is -0.493 e. The van der Waals surface area contributed by atoms with Gasteiger partial charge >= 0.3 is 11.9 Å². The minimum absolute atomic E-state index is 0.0715. The summed E-state index contributed by atoms with van der Waals surface area (Å²) in [7, 11) is 5.59. The first-order chi connectivity index (χ1) is 12.5. The van der Waals surface area contributed by atoms with Gasteiger partial charge in [0.2, 0.25) is 11.5 Å². The Morgan fingerprint density at radius 1 is 0.962 bits per heavy atom. The molecule has 0 unspecified atom stereocenters. The molecule has 140 valence electrons. The zero-order valence-corrected chi connectivity index (χ0v) is 15.2. The Morgan fingerprint density at radius 3 is 2.23 bits per heavy atom. The van der Waals surface area contributed by atoms with Gasteiger partial charge in [-0.3, -0.25) is 0 Å². The minimum atomic E-state index is -0.642. The largest absolute Gasteiger partial charge is 0.493 e. The molecule has 1 heterocycles. The van der Waals surface area contributed by atoms with Gasteiger partial charge in [-0.25, -0.2) is 9.59 Å². The SMILES string of the molecule is COC(=O)c1oc(COC(=O)c2ccc(OC)c(OC)c2OC)cc1C. The van der Waals surface area contributed by atoms with E-state index in [1.54, 1.807) is 19.1 Å². The lowest BCUT2D eigenvalue weighted by Gasteiger charge is -2.14. The van der Waals surface area contributed by atoms with E-state index < -0.39 is 11.9 Å². The highest BCUT2D eigenvalue weighted by atomic mass is 16.6. The van der Waals surface area contributed by atoms with Gasteiger partial charge in [-0.1, -0.05) is 0 Å². The zero-order valence-electron chi connectivity index (χ0n) is 15.2. The summed E-state index contributed by atoms with van der Waals surface area (Å²) in [6.07, 6.45) is 0. The normalized spacial score (nSPS) is 10.2. The second kappa shape index (κ2) is 8.28. The number of hydrogen-bond donors (Lipinski definition) is 0. The first kappa shape index (κ1) is 19.2. The van der Waals surface area contributed by atoms with Gasteiger partial charge in [0.1, 0.15) is 17.9 Å². The van der Waals surface area contributed by atoms with Crippen LogP contribution in [0.4, 0.5) is 0 Å². The number of hydrogen-bond acceptors (Lipinski definition) is 8. The maximum atomic E-state index is 12.4. The van der Waals surface area contributed by atoms with E-state index in [1.807, 2.05) is 0 Å². The number of carbonyl (C=O) groups is 2. The first-order valence-electron chi connectivity index (χ1n) is 7.60. The van der Waals surface area contributed by atoms with Crippen LogP contribution in [0.1, 0.15) is 32.2 Å². The summed E-state index contributed by atoms with van der Waals surface area (Å²) >= 11 is 0. The molecule has 0 N–H and O–H groups in total. The Bertz CT molecular complexity index is 806. The van der Waals surface area contributed by atoms with E-state index in [-0.39, 0.29) is 29.4 Å². The summed E-state index contributed by atoms with van der Waals surface area (Å²) in [5, 5.41) is 0. The van der Waals surface area contributed by atoms with Crippen molar-refractivity contribution in [2.75, 3.05) is 28.4 Å². The van der Waals surface area contributed by atoms with E-state index in [9.17, 15) is 9.59 Å². The monoisotopic (exact) mass is 364 g/mol. The molecule has 0 saturated carbocycles. The molecule has 0 aliphatic carbocycles. The molecule has 0 amide bonds. The molecule has 1 aromatic heterocycles. The number of ether oxygens (including phenoxy) is 5. The molecule has 0 radical (unpaired) electrons. The standard InChI is InChI=1S/C18H20O8/c1-10-8-11(26-14(10)18(20)24-5)9-25-17(19)12-6-7-13(21-2)16(23-4)15(12)22-3/h6-8H,9H2,1-5H3. The molecule has 8 nitrogen and oxygen atoms in total. The fraction of sp³-hybridized carbons (Fsp3) is 0.333. The Balaban J connectivity index is 2.19. The quantitative estimate of drug-likeness (QED) is 0.693. The fourth-order valence-electron chi connectivity index (χ4n) is 2.39. The Kier molecular flexibility index (Phi) is 6.11. The Hall–Kier alpha value is -3.16. The number of furan rings is 1. The van der Waals surface area contributed by atoms with Crippen LogP contribution in [0.5, 0.6) is 17.2 Å². The lowest BCUT2D eigenvalue weighted by atomic mass is 10.1. The highest BCUT2D eigenvalue weighted by molar-refractivity contribution is 5.94. The van der Waals surface area contributed by atoms with Gasteiger partial charge in [-0.15, -0.1) is 0 Å². The van der Waals surface area contributed by atoms with Crippen LogP contribution in [0.15, 0.2) is 22.6 Å². The molecule has 0 aliphatic rings. The van der Waals surface area contributed by atoms with Crippen molar-refractivity contribution < 1.29 is 37.7 Å². The third-order valence-corrected chi connectivity index (χ3v) is 3.61. The number of benzene rings is 1. The second-order valence-electron chi connectivity index (χ2n) is 5.17. The third-order valence-electron chi connectivity index (χ3n) is 3.61. The Morgan fingerprint density at radius 2 is 1.65 bits per heavy atom. The van der Waals surface area contributed by atoms with Crippen molar-refractivity contribution >= 4 is 11.9 Å².